The van der Waals surface area contributed by atoms with E-state index in [2.05, 4.69) is 10.3 Å². The van der Waals surface area contributed by atoms with Gasteiger partial charge in [0.05, 0.1) is 10.6 Å². The molecule has 3 aromatic rings. The van der Waals surface area contributed by atoms with E-state index in [0.29, 0.717) is 40.1 Å². The number of amides is 1. The van der Waals surface area contributed by atoms with Gasteiger partial charge in [0.15, 0.2) is 0 Å². The van der Waals surface area contributed by atoms with Gasteiger partial charge in [0, 0.05) is 54.6 Å². The van der Waals surface area contributed by atoms with Crippen molar-refractivity contribution in [3.05, 3.63) is 93.3 Å². The van der Waals surface area contributed by atoms with E-state index < -0.39 is 11.7 Å². The van der Waals surface area contributed by atoms with Crippen LogP contribution in [0.5, 0.6) is 0 Å². The molecule has 0 fully saturated rings. The Morgan fingerprint density at radius 2 is 2.07 bits per heavy atom. The maximum absolute atomic E-state index is 14.2. The van der Waals surface area contributed by atoms with E-state index in [4.69, 9.17) is 17.3 Å². The molecular formula is C21H20ClFN4O2. The number of allylic oxidation sites excluding steroid dienone is 3. The summed E-state index contributed by atoms with van der Waals surface area (Å²) in [5.74, 6) is -0.859. The van der Waals surface area contributed by atoms with Gasteiger partial charge in [0.2, 0.25) is 0 Å². The first-order valence-corrected chi connectivity index (χ1v) is 9.33. The van der Waals surface area contributed by atoms with Gasteiger partial charge in [-0.1, -0.05) is 35.9 Å². The quantitative estimate of drug-likeness (QED) is 0.518. The fraction of sp³-hybridized carbons (Fsp3) is 0.143. The molecule has 1 aromatic carbocycles. The molecule has 3 rings (SSSR count). The van der Waals surface area contributed by atoms with E-state index in [-0.39, 0.29) is 12.1 Å². The molecule has 0 aliphatic heterocycles. The number of nitrogens with one attached hydrogen (secondary N) is 2. The molecule has 2 heterocycles. The van der Waals surface area contributed by atoms with Gasteiger partial charge in [0.25, 0.3) is 11.5 Å². The molecule has 0 saturated heterocycles. The first kappa shape index (κ1) is 20.6. The van der Waals surface area contributed by atoms with Gasteiger partial charge >= 0.3 is 0 Å². The highest BCUT2D eigenvalue weighted by molar-refractivity contribution is 6.35. The highest BCUT2D eigenvalue weighted by Gasteiger charge is 2.11. The van der Waals surface area contributed by atoms with Crippen molar-refractivity contribution in [2.45, 2.75) is 13.1 Å². The van der Waals surface area contributed by atoms with Crippen LogP contribution in [-0.2, 0) is 13.1 Å². The lowest BCUT2D eigenvalue weighted by Gasteiger charge is -2.09. The van der Waals surface area contributed by atoms with Crippen LogP contribution in [0.3, 0.4) is 0 Å². The molecule has 8 heteroatoms. The minimum absolute atomic E-state index is 0.00890. The number of rotatable bonds is 7. The number of aromatic nitrogens is 2. The summed E-state index contributed by atoms with van der Waals surface area (Å²) in [6.45, 7) is 0.737. The molecule has 150 valence electrons. The van der Waals surface area contributed by atoms with E-state index in [1.165, 1.54) is 29.0 Å². The summed E-state index contributed by atoms with van der Waals surface area (Å²) < 4.78 is 15.7. The van der Waals surface area contributed by atoms with Crippen molar-refractivity contribution in [2.24, 2.45) is 5.73 Å². The second-order valence-corrected chi connectivity index (χ2v) is 6.72. The molecule has 0 unspecified atom stereocenters. The Morgan fingerprint density at radius 1 is 1.28 bits per heavy atom. The van der Waals surface area contributed by atoms with E-state index in [0.717, 1.165) is 0 Å². The normalized spacial score (nSPS) is 11.7. The monoisotopic (exact) mass is 414 g/mol. The van der Waals surface area contributed by atoms with Crippen LogP contribution in [0.1, 0.15) is 15.9 Å². The summed E-state index contributed by atoms with van der Waals surface area (Å²) in [7, 11) is 0. The second kappa shape index (κ2) is 9.36. The highest BCUT2D eigenvalue weighted by atomic mass is 35.5. The molecule has 0 bridgehead atoms. The lowest BCUT2D eigenvalue weighted by atomic mass is 10.1. The number of nitrogens with two attached hydrogens (primary N) is 1. The number of carbonyl (C=O) groups excluding carboxylic acids is 1. The molecule has 0 radical (unpaired) electrons. The summed E-state index contributed by atoms with van der Waals surface area (Å²) in [6, 6.07) is 5.71. The Balaban J connectivity index is 1.71. The zero-order chi connectivity index (χ0) is 20.8. The van der Waals surface area contributed by atoms with Crippen LogP contribution in [0.2, 0.25) is 5.02 Å². The molecule has 29 heavy (non-hydrogen) atoms. The lowest BCUT2D eigenvalue weighted by molar-refractivity contribution is 0.0949. The Bertz CT molecular complexity index is 1150. The molecule has 0 spiro atoms. The zero-order valence-corrected chi connectivity index (χ0v) is 16.2. The van der Waals surface area contributed by atoms with Gasteiger partial charge in [-0.3, -0.25) is 9.59 Å². The number of nitrogens with zero attached hydrogens (tertiary/aromatic N) is 1. The van der Waals surface area contributed by atoms with Crippen molar-refractivity contribution in [2.75, 3.05) is 6.54 Å². The summed E-state index contributed by atoms with van der Waals surface area (Å²) in [4.78, 5) is 27.3. The van der Waals surface area contributed by atoms with E-state index in [1.54, 1.807) is 36.6 Å². The summed E-state index contributed by atoms with van der Waals surface area (Å²) in [5.41, 5.74) is 6.33. The molecular weight excluding hydrogens is 395 g/mol. The van der Waals surface area contributed by atoms with Crippen LogP contribution in [-0.4, -0.2) is 22.0 Å². The Morgan fingerprint density at radius 3 is 2.86 bits per heavy atom. The van der Waals surface area contributed by atoms with Gasteiger partial charge in [-0.2, -0.15) is 0 Å². The Hall–Kier alpha value is -3.16. The number of hydrogen-bond donors (Lipinski definition) is 3. The van der Waals surface area contributed by atoms with Crippen LogP contribution in [0, 0.1) is 5.82 Å². The van der Waals surface area contributed by atoms with Crippen molar-refractivity contribution >= 4 is 28.4 Å². The number of carbonyl (C=O) groups is 1. The fourth-order valence-electron chi connectivity index (χ4n) is 2.79. The third-order valence-electron chi connectivity index (χ3n) is 4.30. The first-order valence-electron chi connectivity index (χ1n) is 8.95. The molecule has 0 atom stereocenters. The molecule has 0 saturated carbocycles. The standard InChI is InChI=1S/C21H20ClFN4O2/c22-17-12-25-19-10-18(23)15(9-16(17)19)11-26-21(29)14-5-6-20(28)27(13-14)8-4-2-1-3-7-24/h1-6,9-10,12-13,25H,7-8,11,24H2,(H,26,29)/b3-1+,4-2+. The number of fused-ring (bicyclic) bond motifs is 1. The number of benzene rings is 1. The fourth-order valence-corrected chi connectivity index (χ4v) is 3.00. The van der Waals surface area contributed by atoms with E-state index in [9.17, 15) is 14.0 Å². The molecule has 2 aromatic heterocycles. The maximum Gasteiger partial charge on any atom is 0.253 e. The Kier molecular flexibility index (Phi) is 6.64. The van der Waals surface area contributed by atoms with Crippen LogP contribution >= 0.6 is 11.6 Å². The van der Waals surface area contributed by atoms with Crippen LogP contribution in [0.4, 0.5) is 4.39 Å². The van der Waals surface area contributed by atoms with Gasteiger partial charge < -0.3 is 20.6 Å². The predicted molar refractivity (Wildman–Crippen MR) is 112 cm³/mol. The van der Waals surface area contributed by atoms with E-state index in [1.807, 2.05) is 0 Å². The topological polar surface area (TPSA) is 92.9 Å². The smallest absolute Gasteiger partial charge is 0.253 e. The third kappa shape index (κ3) is 5.01. The molecule has 4 N–H and O–H groups in total. The zero-order valence-electron chi connectivity index (χ0n) is 15.5. The summed E-state index contributed by atoms with van der Waals surface area (Å²) in [5, 5.41) is 3.83. The maximum atomic E-state index is 14.2. The summed E-state index contributed by atoms with van der Waals surface area (Å²) in [6.07, 6.45) is 10.2. The second-order valence-electron chi connectivity index (χ2n) is 6.31. The van der Waals surface area contributed by atoms with Crippen molar-refractivity contribution < 1.29 is 9.18 Å². The van der Waals surface area contributed by atoms with Crippen LogP contribution in [0.25, 0.3) is 10.9 Å². The minimum atomic E-state index is -0.447. The Labute approximate surface area is 171 Å². The van der Waals surface area contributed by atoms with Crippen molar-refractivity contribution in [1.82, 2.24) is 14.9 Å². The average molecular weight is 415 g/mol. The molecule has 6 nitrogen and oxygen atoms in total. The SMILES string of the molecule is NC/C=C/C=C/Cn1cc(C(=O)NCc2cc3c(Cl)c[nH]c3cc2F)ccc1=O. The van der Waals surface area contributed by atoms with Crippen LogP contribution < -0.4 is 16.6 Å². The largest absolute Gasteiger partial charge is 0.360 e. The third-order valence-corrected chi connectivity index (χ3v) is 4.62. The number of pyridine rings is 1. The molecule has 0 aliphatic rings. The molecule has 1 amide bonds. The summed E-state index contributed by atoms with van der Waals surface area (Å²) >= 11 is 6.07. The minimum Gasteiger partial charge on any atom is -0.360 e. The van der Waals surface area contributed by atoms with Gasteiger partial charge in [-0.25, -0.2) is 4.39 Å². The first-order chi connectivity index (χ1) is 14.0. The average Bonchev–Trinajstić information content (AvgIpc) is 3.06. The van der Waals surface area contributed by atoms with Crippen LogP contribution in [0.15, 0.2) is 65.8 Å². The lowest BCUT2D eigenvalue weighted by Crippen LogP contribution is -2.26. The number of H-pyrrole nitrogens is 1. The number of halogens is 2. The predicted octanol–water partition coefficient (Wildman–Crippen LogP) is 3.12. The molecule has 0 aliphatic carbocycles. The highest BCUT2D eigenvalue weighted by Crippen LogP contribution is 2.25. The van der Waals surface area contributed by atoms with Gasteiger partial charge in [-0.15, -0.1) is 0 Å². The number of hydrogen-bond acceptors (Lipinski definition) is 3. The van der Waals surface area contributed by atoms with Crippen molar-refractivity contribution in [3.63, 3.8) is 0 Å². The number of aromatic amines is 1. The van der Waals surface area contributed by atoms with Gasteiger partial charge in [-0.05, 0) is 18.2 Å². The van der Waals surface area contributed by atoms with Crippen molar-refractivity contribution in [1.29, 1.82) is 0 Å². The van der Waals surface area contributed by atoms with Gasteiger partial charge in [0.1, 0.15) is 5.82 Å². The van der Waals surface area contributed by atoms with Crippen molar-refractivity contribution in [3.8, 4) is 0 Å². The van der Waals surface area contributed by atoms with E-state index >= 15 is 0 Å².